The third-order valence-electron chi connectivity index (χ3n) is 2.99. The van der Waals surface area contributed by atoms with Crippen molar-refractivity contribution in [2.75, 3.05) is 11.6 Å². The fraction of sp³-hybridized carbons (Fsp3) is 0.0667. The second kappa shape index (κ2) is 6.80. The van der Waals surface area contributed by atoms with Crippen LogP contribution in [0.3, 0.4) is 0 Å². The van der Waals surface area contributed by atoms with Crippen LogP contribution in [0.4, 0.5) is 5.69 Å². The maximum atomic E-state index is 12.4. The average Bonchev–Trinajstić information content (AvgIpc) is 3.04. The molecule has 0 bridgehead atoms. The molecular weight excluding hydrogens is 336 g/mol. The number of pyridine rings is 1. The molecule has 0 saturated heterocycles. The molecule has 8 heteroatoms. The largest absolute Gasteiger partial charge is 0.411 e. The lowest BCUT2D eigenvalue weighted by Crippen LogP contribution is -2.13. The van der Waals surface area contributed by atoms with Crippen molar-refractivity contribution < 1.29 is 9.21 Å². The van der Waals surface area contributed by atoms with Crippen molar-refractivity contribution in [3.63, 3.8) is 0 Å². The zero-order valence-electron chi connectivity index (χ0n) is 12.0. The number of halogens is 1. The van der Waals surface area contributed by atoms with Crippen LogP contribution in [0.15, 0.2) is 52.2 Å². The van der Waals surface area contributed by atoms with E-state index in [9.17, 15) is 4.79 Å². The van der Waals surface area contributed by atoms with E-state index in [0.29, 0.717) is 27.9 Å². The summed E-state index contributed by atoms with van der Waals surface area (Å²) in [5, 5.41) is 11.3. The molecule has 23 heavy (non-hydrogen) atoms. The second-order valence-electron chi connectivity index (χ2n) is 4.42. The van der Waals surface area contributed by atoms with Crippen LogP contribution in [0.25, 0.3) is 11.5 Å². The average molecular weight is 347 g/mol. The first-order valence-electron chi connectivity index (χ1n) is 6.58. The van der Waals surface area contributed by atoms with Gasteiger partial charge < -0.3 is 9.73 Å². The quantitative estimate of drug-likeness (QED) is 0.572. The summed E-state index contributed by atoms with van der Waals surface area (Å²) in [6.45, 7) is 0. The molecule has 116 valence electrons. The Morgan fingerprint density at radius 2 is 2.04 bits per heavy atom. The number of thioether (sulfide) groups is 1. The van der Waals surface area contributed by atoms with Crippen LogP contribution in [0.1, 0.15) is 10.4 Å². The van der Waals surface area contributed by atoms with Gasteiger partial charge in [-0.1, -0.05) is 35.5 Å². The highest BCUT2D eigenvalue weighted by atomic mass is 35.5. The van der Waals surface area contributed by atoms with Crippen molar-refractivity contribution in [3.8, 4) is 11.5 Å². The van der Waals surface area contributed by atoms with E-state index in [1.54, 1.807) is 30.3 Å². The van der Waals surface area contributed by atoms with Crippen LogP contribution in [0.2, 0.25) is 5.15 Å². The molecule has 0 aliphatic carbocycles. The number of carbonyl (C=O) groups excluding carboxylic acids is 1. The lowest BCUT2D eigenvalue weighted by Gasteiger charge is -2.09. The number of para-hydroxylation sites is 1. The highest BCUT2D eigenvalue weighted by Gasteiger charge is 2.16. The van der Waals surface area contributed by atoms with E-state index in [1.165, 1.54) is 18.0 Å². The van der Waals surface area contributed by atoms with Gasteiger partial charge >= 0.3 is 0 Å². The second-order valence-corrected chi connectivity index (χ2v) is 5.53. The summed E-state index contributed by atoms with van der Waals surface area (Å²) in [5.41, 5.74) is 1.47. The number of hydrogen-bond donors (Lipinski definition) is 1. The van der Waals surface area contributed by atoms with E-state index in [-0.39, 0.29) is 11.1 Å². The number of hydrogen-bond acceptors (Lipinski definition) is 6. The van der Waals surface area contributed by atoms with Crippen molar-refractivity contribution in [3.05, 3.63) is 53.3 Å². The van der Waals surface area contributed by atoms with Gasteiger partial charge in [0.2, 0.25) is 0 Å². The number of amides is 1. The van der Waals surface area contributed by atoms with Crippen LogP contribution in [-0.4, -0.2) is 27.3 Å². The Morgan fingerprint density at radius 3 is 2.78 bits per heavy atom. The molecule has 3 rings (SSSR count). The molecule has 0 unspecified atom stereocenters. The summed E-state index contributed by atoms with van der Waals surface area (Å²) in [7, 11) is 0. The molecule has 0 fully saturated rings. The van der Waals surface area contributed by atoms with Crippen LogP contribution < -0.4 is 5.32 Å². The van der Waals surface area contributed by atoms with E-state index >= 15 is 0 Å². The molecule has 2 aromatic heterocycles. The Morgan fingerprint density at radius 1 is 1.22 bits per heavy atom. The third kappa shape index (κ3) is 3.35. The SMILES string of the molecule is CSc1nnc(-c2ccccc2NC(=O)c2cccnc2Cl)o1. The van der Waals surface area contributed by atoms with Gasteiger partial charge in [0.1, 0.15) is 5.15 Å². The van der Waals surface area contributed by atoms with Gasteiger partial charge in [0, 0.05) is 6.20 Å². The minimum absolute atomic E-state index is 0.143. The molecule has 1 N–H and O–H groups in total. The number of nitrogens with zero attached hydrogens (tertiary/aromatic N) is 3. The summed E-state index contributed by atoms with van der Waals surface area (Å²) < 4.78 is 5.52. The Hall–Kier alpha value is -2.38. The zero-order valence-corrected chi connectivity index (χ0v) is 13.6. The number of rotatable bonds is 4. The first kappa shape index (κ1) is 15.5. The van der Waals surface area contributed by atoms with Crippen molar-refractivity contribution in [2.45, 2.75) is 5.22 Å². The standard InChI is InChI=1S/C15H11ClN4O2S/c1-23-15-20-19-14(22-15)9-5-2-3-7-11(9)18-13(21)10-6-4-8-17-12(10)16/h2-8H,1H3,(H,18,21). The van der Waals surface area contributed by atoms with E-state index in [2.05, 4.69) is 20.5 Å². The number of benzene rings is 1. The summed E-state index contributed by atoms with van der Waals surface area (Å²) in [4.78, 5) is 16.3. The smallest absolute Gasteiger partial charge is 0.276 e. The zero-order chi connectivity index (χ0) is 16.2. The molecule has 1 aromatic carbocycles. The summed E-state index contributed by atoms with van der Waals surface area (Å²) in [5.74, 6) is -0.0253. The van der Waals surface area contributed by atoms with E-state index in [1.807, 2.05) is 12.3 Å². The van der Waals surface area contributed by atoms with Gasteiger partial charge in [-0.05, 0) is 30.5 Å². The highest BCUT2D eigenvalue weighted by Crippen LogP contribution is 2.29. The summed E-state index contributed by atoms with van der Waals surface area (Å²) >= 11 is 7.30. The lowest BCUT2D eigenvalue weighted by atomic mass is 10.1. The van der Waals surface area contributed by atoms with Crippen molar-refractivity contribution in [2.24, 2.45) is 0 Å². The molecule has 0 atom stereocenters. The molecule has 0 aliphatic rings. The van der Waals surface area contributed by atoms with Gasteiger partial charge in [-0.15, -0.1) is 10.2 Å². The maximum absolute atomic E-state index is 12.4. The van der Waals surface area contributed by atoms with Gasteiger partial charge in [-0.2, -0.15) is 0 Å². The molecule has 0 aliphatic heterocycles. The Bertz CT molecular complexity index is 853. The number of aromatic nitrogens is 3. The number of anilines is 1. The monoisotopic (exact) mass is 346 g/mol. The minimum atomic E-state index is -0.361. The first-order valence-corrected chi connectivity index (χ1v) is 8.18. The van der Waals surface area contributed by atoms with E-state index in [4.69, 9.17) is 16.0 Å². The molecule has 6 nitrogen and oxygen atoms in total. The van der Waals surface area contributed by atoms with Gasteiger partial charge in [0.25, 0.3) is 17.0 Å². The lowest BCUT2D eigenvalue weighted by molar-refractivity contribution is 0.102. The maximum Gasteiger partial charge on any atom is 0.276 e. The van der Waals surface area contributed by atoms with Gasteiger partial charge in [-0.3, -0.25) is 4.79 Å². The third-order valence-corrected chi connectivity index (χ3v) is 3.81. The minimum Gasteiger partial charge on any atom is -0.411 e. The van der Waals surface area contributed by atoms with Crippen molar-refractivity contribution in [1.29, 1.82) is 0 Å². The van der Waals surface area contributed by atoms with Gasteiger partial charge in [0.15, 0.2) is 0 Å². The van der Waals surface area contributed by atoms with Gasteiger partial charge in [0.05, 0.1) is 16.8 Å². The molecule has 1 amide bonds. The Balaban J connectivity index is 1.92. The topological polar surface area (TPSA) is 80.9 Å². The normalized spacial score (nSPS) is 10.5. The fourth-order valence-corrected chi connectivity index (χ4v) is 2.41. The predicted octanol–water partition coefficient (Wildman–Crippen LogP) is 3.76. The van der Waals surface area contributed by atoms with Crippen LogP contribution >= 0.6 is 23.4 Å². The molecule has 2 heterocycles. The van der Waals surface area contributed by atoms with E-state index < -0.39 is 0 Å². The summed E-state index contributed by atoms with van der Waals surface area (Å²) in [6, 6.07) is 10.4. The van der Waals surface area contributed by atoms with Crippen molar-refractivity contribution >= 4 is 35.0 Å². The van der Waals surface area contributed by atoms with Crippen LogP contribution in [0, 0.1) is 0 Å². The van der Waals surface area contributed by atoms with Crippen LogP contribution in [-0.2, 0) is 0 Å². The first-order chi connectivity index (χ1) is 11.2. The van der Waals surface area contributed by atoms with Crippen molar-refractivity contribution in [1.82, 2.24) is 15.2 Å². The summed E-state index contributed by atoms with van der Waals surface area (Å²) in [6.07, 6.45) is 3.37. The molecule has 0 saturated carbocycles. The predicted molar refractivity (Wildman–Crippen MR) is 88.7 cm³/mol. The number of nitrogens with one attached hydrogen (secondary N) is 1. The van der Waals surface area contributed by atoms with E-state index in [0.717, 1.165) is 0 Å². The fourth-order valence-electron chi connectivity index (χ4n) is 1.92. The molecule has 3 aromatic rings. The molecule has 0 spiro atoms. The molecule has 0 radical (unpaired) electrons. The Labute approximate surface area is 141 Å². The molecular formula is C15H11ClN4O2S. The number of carbonyl (C=O) groups is 1. The van der Waals surface area contributed by atoms with Crippen LogP contribution in [0.5, 0.6) is 0 Å². The Kier molecular flexibility index (Phi) is 4.59. The highest BCUT2D eigenvalue weighted by molar-refractivity contribution is 7.98. The van der Waals surface area contributed by atoms with Gasteiger partial charge in [-0.25, -0.2) is 4.98 Å².